The van der Waals surface area contributed by atoms with Crippen LogP contribution in [0.1, 0.15) is 34.2 Å². The number of carbonyl (C=O) groups is 2. The third-order valence-electron chi connectivity index (χ3n) is 2.99. The Hall–Kier alpha value is -2.11. The van der Waals surface area contributed by atoms with Gasteiger partial charge in [0, 0.05) is 18.3 Å². The molecule has 0 bridgehead atoms. The Morgan fingerprint density at radius 2 is 1.83 bits per heavy atom. The average molecular weight is 352 g/mol. The quantitative estimate of drug-likeness (QED) is 0.860. The number of aromatic nitrogens is 1. The van der Waals surface area contributed by atoms with Crippen LogP contribution in [0, 0.1) is 0 Å². The lowest BCUT2D eigenvalue weighted by Gasteiger charge is -2.09. The van der Waals surface area contributed by atoms with Crippen molar-refractivity contribution in [1.82, 2.24) is 10.3 Å². The van der Waals surface area contributed by atoms with Crippen molar-refractivity contribution < 1.29 is 9.59 Å². The summed E-state index contributed by atoms with van der Waals surface area (Å²) in [7, 11) is 0. The fraction of sp³-hybridized carbons (Fsp3) is 0.188. The normalized spacial score (nSPS) is 10.2. The van der Waals surface area contributed by atoms with E-state index in [2.05, 4.69) is 15.6 Å². The summed E-state index contributed by atoms with van der Waals surface area (Å²) in [5.41, 5.74) is 0.795. The minimum atomic E-state index is -0.424. The summed E-state index contributed by atoms with van der Waals surface area (Å²) in [5.74, 6) is -0.746. The first-order valence-electron chi connectivity index (χ1n) is 7.02. The molecule has 0 radical (unpaired) electrons. The number of benzene rings is 1. The predicted octanol–water partition coefficient (Wildman–Crippen LogP) is 3.78. The van der Waals surface area contributed by atoms with E-state index in [0.717, 1.165) is 6.42 Å². The summed E-state index contributed by atoms with van der Waals surface area (Å²) in [6, 6.07) is 7.86. The fourth-order valence-corrected chi connectivity index (χ4v) is 2.32. The summed E-state index contributed by atoms with van der Waals surface area (Å²) in [4.78, 5) is 28.2. The zero-order valence-electron chi connectivity index (χ0n) is 12.4. The molecule has 0 aliphatic heterocycles. The topological polar surface area (TPSA) is 71.1 Å². The summed E-state index contributed by atoms with van der Waals surface area (Å²) in [6.07, 6.45) is 2.22. The second-order valence-corrected chi connectivity index (χ2v) is 5.55. The first kappa shape index (κ1) is 17.2. The molecule has 2 aromatic rings. The minimum absolute atomic E-state index is 0.177. The van der Waals surface area contributed by atoms with Gasteiger partial charge < -0.3 is 10.6 Å². The van der Waals surface area contributed by atoms with Crippen molar-refractivity contribution in [2.75, 3.05) is 11.9 Å². The van der Waals surface area contributed by atoms with Gasteiger partial charge in [-0.05, 0) is 30.7 Å². The van der Waals surface area contributed by atoms with E-state index in [0.29, 0.717) is 22.3 Å². The molecule has 0 atom stereocenters. The molecule has 0 spiro atoms. The molecule has 7 heteroatoms. The number of hydrogen-bond donors (Lipinski definition) is 2. The number of rotatable bonds is 5. The maximum atomic E-state index is 12.3. The molecular weight excluding hydrogens is 337 g/mol. The van der Waals surface area contributed by atoms with E-state index in [9.17, 15) is 9.59 Å². The van der Waals surface area contributed by atoms with Gasteiger partial charge in [0.15, 0.2) is 0 Å². The van der Waals surface area contributed by atoms with E-state index in [-0.39, 0.29) is 17.2 Å². The standard InChI is InChI=1S/C16H15Cl2N3O2/c1-2-7-20-16(23)13-9-10(6-8-19-13)15(22)21-14-11(17)4-3-5-12(14)18/h3-6,8-9H,2,7H2,1H3,(H,20,23)(H,21,22). The van der Waals surface area contributed by atoms with Gasteiger partial charge in [-0.2, -0.15) is 0 Å². The Kier molecular flexibility index (Phi) is 5.96. The zero-order valence-corrected chi connectivity index (χ0v) is 13.9. The Morgan fingerprint density at radius 1 is 1.13 bits per heavy atom. The first-order chi connectivity index (χ1) is 11.0. The second kappa shape index (κ2) is 7.94. The number of carbonyl (C=O) groups excluding carboxylic acids is 2. The highest BCUT2D eigenvalue weighted by Gasteiger charge is 2.14. The van der Waals surface area contributed by atoms with Gasteiger partial charge in [-0.25, -0.2) is 0 Å². The highest BCUT2D eigenvalue weighted by Crippen LogP contribution is 2.30. The number of amides is 2. The lowest BCUT2D eigenvalue weighted by atomic mass is 10.2. The van der Waals surface area contributed by atoms with Gasteiger partial charge in [0.25, 0.3) is 11.8 Å². The number of pyridine rings is 1. The highest BCUT2D eigenvalue weighted by molar-refractivity contribution is 6.40. The Bertz CT molecular complexity index is 715. The largest absolute Gasteiger partial charge is 0.351 e. The lowest BCUT2D eigenvalue weighted by Crippen LogP contribution is -2.25. The van der Waals surface area contributed by atoms with E-state index in [4.69, 9.17) is 23.2 Å². The third kappa shape index (κ3) is 4.43. The molecule has 0 saturated heterocycles. The van der Waals surface area contributed by atoms with E-state index < -0.39 is 5.91 Å². The monoisotopic (exact) mass is 351 g/mol. The number of anilines is 1. The molecule has 1 aromatic carbocycles. The number of halogens is 2. The molecule has 23 heavy (non-hydrogen) atoms. The summed E-state index contributed by atoms with van der Waals surface area (Å²) < 4.78 is 0. The van der Waals surface area contributed by atoms with Crippen molar-refractivity contribution in [3.05, 3.63) is 57.8 Å². The van der Waals surface area contributed by atoms with Gasteiger partial charge in [0.1, 0.15) is 5.69 Å². The van der Waals surface area contributed by atoms with Crippen molar-refractivity contribution in [3.8, 4) is 0 Å². The number of para-hydroxylation sites is 1. The van der Waals surface area contributed by atoms with Crippen LogP contribution in [0.4, 0.5) is 5.69 Å². The van der Waals surface area contributed by atoms with Crippen LogP contribution in [0.5, 0.6) is 0 Å². The van der Waals surface area contributed by atoms with Crippen LogP contribution in [-0.2, 0) is 0 Å². The van der Waals surface area contributed by atoms with Crippen LogP contribution in [0.3, 0.4) is 0 Å². The van der Waals surface area contributed by atoms with Gasteiger partial charge >= 0.3 is 0 Å². The van der Waals surface area contributed by atoms with Crippen LogP contribution < -0.4 is 10.6 Å². The second-order valence-electron chi connectivity index (χ2n) is 4.74. The predicted molar refractivity (Wildman–Crippen MR) is 91.3 cm³/mol. The van der Waals surface area contributed by atoms with Crippen LogP contribution in [0.25, 0.3) is 0 Å². The van der Waals surface area contributed by atoms with Gasteiger partial charge in [-0.15, -0.1) is 0 Å². The summed E-state index contributed by atoms with van der Waals surface area (Å²) >= 11 is 12.0. The molecular formula is C16H15Cl2N3O2. The van der Waals surface area contributed by atoms with Gasteiger partial charge in [-0.1, -0.05) is 36.2 Å². The van der Waals surface area contributed by atoms with Crippen LogP contribution in [0.2, 0.25) is 10.0 Å². The Balaban J connectivity index is 2.18. The van der Waals surface area contributed by atoms with Crippen LogP contribution >= 0.6 is 23.2 Å². The summed E-state index contributed by atoms with van der Waals surface area (Å²) in [5, 5.41) is 6.02. The highest BCUT2D eigenvalue weighted by atomic mass is 35.5. The number of nitrogens with one attached hydrogen (secondary N) is 2. The average Bonchev–Trinajstić information content (AvgIpc) is 2.56. The number of hydrogen-bond acceptors (Lipinski definition) is 3. The first-order valence-corrected chi connectivity index (χ1v) is 7.78. The van der Waals surface area contributed by atoms with Gasteiger partial charge in [-0.3, -0.25) is 14.6 Å². The summed E-state index contributed by atoms with van der Waals surface area (Å²) in [6.45, 7) is 2.50. The molecule has 2 amide bonds. The molecule has 0 fully saturated rings. The van der Waals surface area contributed by atoms with E-state index in [1.165, 1.54) is 18.3 Å². The molecule has 0 aliphatic carbocycles. The molecule has 0 saturated carbocycles. The fourth-order valence-electron chi connectivity index (χ4n) is 1.83. The van der Waals surface area contributed by atoms with E-state index >= 15 is 0 Å². The van der Waals surface area contributed by atoms with Crippen molar-refractivity contribution in [3.63, 3.8) is 0 Å². The molecule has 1 aromatic heterocycles. The van der Waals surface area contributed by atoms with E-state index in [1.807, 2.05) is 6.92 Å². The van der Waals surface area contributed by atoms with Crippen LogP contribution in [-0.4, -0.2) is 23.3 Å². The Morgan fingerprint density at radius 3 is 2.48 bits per heavy atom. The van der Waals surface area contributed by atoms with Crippen molar-refractivity contribution in [2.45, 2.75) is 13.3 Å². The minimum Gasteiger partial charge on any atom is -0.351 e. The smallest absolute Gasteiger partial charge is 0.269 e. The molecule has 1 heterocycles. The van der Waals surface area contributed by atoms with Crippen molar-refractivity contribution in [2.24, 2.45) is 0 Å². The molecule has 2 N–H and O–H groups in total. The molecule has 0 aliphatic rings. The Labute approximate surface area is 144 Å². The number of nitrogens with zero attached hydrogens (tertiary/aromatic N) is 1. The van der Waals surface area contributed by atoms with Gasteiger partial charge in [0.2, 0.25) is 0 Å². The van der Waals surface area contributed by atoms with Crippen molar-refractivity contribution in [1.29, 1.82) is 0 Å². The SMILES string of the molecule is CCCNC(=O)c1cc(C(=O)Nc2c(Cl)cccc2Cl)ccn1. The molecule has 2 rings (SSSR count). The molecule has 0 unspecified atom stereocenters. The maximum absolute atomic E-state index is 12.3. The molecule has 120 valence electrons. The zero-order chi connectivity index (χ0) is 16.8. The maximum Gasteiger partial charge on any atom is 0.269 e. The van der Waals surface area contributed by atoms with Crippen LogP contribution in [0.15, 0.2) is 36.5 Å². The van der Waals surface area contributed by atoms with E-state index in [1.54, 1.807) is 18.2 Å². The van der Waals surface area contributed by atoms with Gasteiger partial charge in [0.05, 0.1) is 15.7 Å². The third-order valence-corrected chi connectivity index (χ3v) is 3.62. The van der Waals surface area contributed by atoms with Crippen molar-refractivity contribution >= 4 is 40.7 Å². The molecule has 5 nitrogen and oxygen atoms in total. The lowest BCUT2D eigenvalue weighted by molar-refractivity contribution is 0.0948.